The summed E-state index contributed by atoms with van der Waals surface area (Å²) < 4.78 is 5.22. The lowest BCUT2D eigenvalue weighted by Gasteiger charge is -2.12. The highest BCUT2D eigenvalue weighted by Gasteiger charge is 2.17. The smallest absolute Gasteiger partial charge is 0.190 e. The van der Waals surface area contributed by atoms with Gasteiger partial charge in [0.05, 0.1) is 36.2 Å². The molecule has 0 atom stereocenters. The molecule has 4 aromatic rings. The Balaban J connectivity index is 1.67. The van der Waals surface area contributed by atoms with Gasteiger partial charge in [-0.05, 0) is 36.4 Å². The Kier molecular flexibility index (Phi) is 6.31. The van der Waals surface area contributed by atoms with Crippen molar-refractivity contribution in [2.45, 2.75) is 10.9 Å². The average Bonchev–Trinajstić information content (AvgIpc) is 3.24. The Bertz CT molecular complexity index is 1200. The van der Waals surface area contributed by atoms with Crippen LogP contribution in [-0.2, 0) is 5.75 Å². The summed E-state index contributed by atoms with van der Waals surface area (Å²) in [5, 5.41) is 22.5. The number of para-hydroxylation sites is 2. The number of nitrogens with zero attached hydrogens (tertiary/aromatic N) is 4. The van der Waals surface area contributed by atoms with Gasteiger partial charge in [0.15, 0.2) is 5.16 Å². The summed E-state index contributed by atoms with van der Waals surface area (Å²) >= 11 is 1.42. The van der Waals surface area contributed by atoms with Gasteiger partial charge in [0.1, 0.15) is 29.0 Å². The number of H-pyrrole nitrogens is 1. The maximum absolute atomic E-state index is 9.76. The van der Waals surface area contributed by atoms with E-state index in [1.54, 1.807) is 7.11 Å². The summed E-state index contributed by atoms with van der Waals surface area (Å²) in [4.78, 5) is 17.0. The van der Waals surface area contributed by atoms with E-state index in [2.05, 4.69) is 31.3 Å². The van der Waals surface area contributed by atoms with E-state index < -0.39 is 0 Å². The lowest BCUT2D eigenvalue weighted by atomic mass is 10.1. The fraction of sp³-hybridized carbons (Fsp3) is 0.182. The van der Waals surface area contributed by atoms with Crippen LogP contribution in [0, 0.1) is 11.3 Å². The standard InChI is InChI=1S/C22H20N6O2S/c1-30-15-8-6-14(7-9-15)20-16(12-23)21(24-10-11-29)28-22(27-20)31-13-19-25-17-4-2-3-5-18(17)26-19/h2-9,29H,10-11,13H2,1H3,(H,25,26)(H,24,27,28). The number of nitrogens with one attached hydrogen (secondary N) is 2. The monoisotopic (exact) mass is 432 g/mol. The first-order valence-electron chi connectivity index (χ1n) is 9.59. The lowest BCUT2D eigenvalue weighted by Crippen LogP contribution is -2.11. The van der Waals surface area contributed by atoms with E-state index in [1.165, 1.54) is 11.8 Å². The van der Waals surface area contributed by atoms with Gasteiger partial charge in [0.2, 0.25) is 0 Å². The number of aromatic amines is 1. The van der Waals surface area contributed by atoms with Crippen molar-refractivity contribution >= 4 is 28.6 Å². The molecular formula is C22H20N6O2S. The van der Waals surface area contributed by atoms with Gasteiger partial charge in [-0.2, -0.15) is 5.26 Å². The molecule has 31 heavy (non-hydrogen) atoms. The second kappa shape index (κ2) is 9.47. The van der Waals surface area contributed by atoms with Gasteiger partial charge >= 0.3 is 0 Å². The molecule has 0 bridgehead atoms. The zero-order chi connectivity index (χ0) is 21.6. The molecule has 2 aromatic carbocycles. The van der Waals surface area contributed by atoms with Crippen molar-refractivity contribution in [3.63, 3.8) is 0 Å². The van der Waals surface area contributed by atoms with Crippen LogP contribution in [0.2, 0.25) is 0 Å². The Labute approximate surface area is 183 Å². The molecule has 0 aliphatic heterocycles. The fourth-order valence-corrected chi connectivity index (χ4v) is 3.79. The number of nitriles is 1. The van der Waals surface area contributed by atoms with Crippen LogP contribution in [-0.4, -0.2) is 45.3 Å². The number of hydrogen-bond donors (Lipinski definition) is 3. The SMILES string of the molecule is COc1ccc(-c2nc(SCc3nc4ccccc4[nH]3)nc(NCCO)c2C#N)cc1. The molecule has 8 nitrogen and oxygen atoms in total. The highest BCUT2D eigenvalue weighted by molar-refractivity contribution is 7.98. The highest BCUT2D eigenvalue weighted by atomic mass is 32.2. The number of rotatable bonds is 8. The molecular weight excluding hydrogens is 412 g/mol. The first-order valence-corrected chi connectivity index (χ1v) is 10.6. The third-order valence-corrected chi connectivity index (χ3v) is 5.40. The molecule has 156 valence electrons. The molecule has 3 N–H and O–H groups in total. The van der Waals surface area contributed by atoms with E-state index >= 15 is 0 Å². The number of anilines is 1. The van der Waals surface area contributed by atoms with Crippen LogP contribution >= 0.6 is 11.8 Å². The topological polar surface area (TPSA) is 120 Å². The predicted molar refractivity (Wildman–Crippen MR) is 120 cm³/mol. The first-order chi connectivity index (χ1) is 15.2. The number of aromatic nitrogens is 4. The van der Waals surface area contributed by atoms with Gasteiger partial charge in [-0.3, -0.25) is 0 Å². The van der Waals surface area contributed by atoms with Gasteiger partial charge in [0, 0.05) is 12.1 Å². The van der Waals surface area contributed by atoms with Gasteiger partial charge in [-0.15, -0.1) is 0 Å². The average molecular weight is 433 g/mol. The number of imidazole rings is 1. The molecule has 4 rings (SSSR count). The van der Waals surface area contributed by atoms with Crippen LogP contribution in [0.3, 0.4) is 0 Å². The summed E-state index contributed by atoms with van der Waals surface area (Å²) in [5.74, 6) is 2.47. The molecule has 9 heteroatoms. The number of aliphatic hydroxyl groups excluding tert-OH is 1. The van der Waals surface area contributed by atoms with Crippen molar-refractivity contribution < 1.29 is 9.84 Å². The minimum absolute atomic E-state index is 0.0752. The van der Waals surface area contributed by atoms with E-state index in [4.69, 9.17) is 4.74 Å². The first kappa shape index (κ1) is 20.7. The van der Waals surface area contributed by atoms with E-state index in [0.29, 0.717) is 28.0 Å². The van der Waals surface area contributed by atoms with Crippen molar-refractivity contribution in [2.75, 3.05) is 25.6 Å². The molecule has 0 amide bonds. The van der Waals surface area contributed by atoms with Gasteiger partial charge < -0.3 is 20.1 Å². The van der Waals surface area contributed by atoms with E-state index in [-0.39, 0.29) is 13.2 Å². The van der Waals surface area contributed by atoms with Crippen molar-refractivity contribution in [1.29, 1.82) is 5.26 Å². The van der Waals surface area contributed by atoms with E-state index in [9.17, 15) is 10.4 Å². The number of ether oxygens (including phenoxy) is 1. The van der Waals surface area contributed by atoms with Crippen molar-refractivity contribution in [2.24, 2.45) is 0 Å². The van der Waals surface area contributed by atoms with Gasteiger partial charge in [-0.25, -0.2) is 15.0 Å². The summed E-state index contributed by atoms with van der Waals surface area (Å²) in [6.07, 6.45) is 0. The Morgan fingerprint density at radius 3 is 2.65 bits per heavy atom. The van der Waals surface area contributed by atoms with Gasteiger partial charge in [0.25, 0.3) is 0 Å². The van der Waals surface area contributed by atoms with Crippen LogP contribution in [0.5, 0.6) is 5.75 Å². The predicted octanol–water partition coefficient (Wildman–Crippen LogP) is 3.60. The van der Waals surface area contributed by atoms with Crippen molar-refractivity contribution in [3.8, 4) is 23.1 Å². The third kappa shape index (κ3) is 4.60. The second-order valence-electron chi connectivity index (χ2n) is 6.56. The Hall–Kier alpha value is -3.61. The molecule has 2 heterocycles. The molecule has 0 aliphatic rings. The zero-order valence-electron chi connectivity index (χ0n) is 16.8. The van der Waals surface area contributed by atoms with Gasteiger partial charge in [-0.1, -0.05) is 23.9 Å². The molecule has 0 radical (unpaired) electrons. The number of fused-ring (bicyclic) bond motifs is 1. The van der Waals surface area contributed by atoms with Crippen LogP contribution in [0.4, 0.5) is 5.82 Å². The number of methoxy groups -OCH3 is 1. The van der Waals surface area contributed by atoms with E-state index in [0.717, 1.165) is 28.2 Å². The van der Waals surface area contributed by atoms with Crippen LogP contribution in [0.1, 0.15) is 11.4 Å². The molecule has 0 unspecified atom stereocenters. The molecule has 0 saturated heterocycles. The summed E-state index contributed by atoms with van der Waals surface area (Å²) in [6.45, 7) is 0.204. The summed E-state index contributed by atoms with van der Waals surface area (Å²) in [7, 11) is 1.60. The normalized spacial score (nSPS) is 10.7. The largest absolute Gasteiger partial charge is 0.497 e. The van der Waals surface area contributed by atoms with Crippen LogP contribution in [0.25, 0.3) is 22.3 Å². The minimum atomic E-state index is -0.0752. The molecule has 0 aliphatic carbocycles. The molecule has 0 fully saturated rings. The lowest BCUT2D eigenvalue weighted by molar-refractivity contribution is 0.311. The van der Waals surface area contributed by atoms with E-state index in [1.807, 2.05) is 48.5 Å². The zero-order valence-corrected chi connectivity index (χ0v) is 17.6. The minimum Gasteiger partial charge on any atom is -0.497 e. The number of benzene rings is 2. The summed E-state index contributed by atoms with van der Waals surface area (Å²) in [5.41, 5.74) is 3.50. The van der Waals surface area contributed by atoms with Crippen LogP contribution in [0.15, 0.2) is 53.7 Å². The number of hydrogen-bond acceptors (Lipinski definition) is 8. The van der Waals surface area contributed by atoms with Crippen molar-refractivity contribution in [3.05, 3.63) is 59.9 Å². The second-order valence-corrected chi connectivity index (χ2v) is 7.50. The van der Waals surface area contributed by atoms with Crippen molar-refractivity contribution in [1.82, 2.24) is 19.9 Å². The quantitative estimate of drug-likeness (QED) is 0.285. The molecule has 0 saturated carbocycles. The Morgan fingerprint density at radius 2 is 1.94 bits per heavy atom. The number of aliphatic hydroxyl groups is 1. The molecule has 2 aromatic heterocycles. The fourth-order valence-electron chi connectivity index (χ4n) is 3.08. The Morgan fingerprint density at radius 1 is 1.13 bits per heavy atom. The summed E-state index contributed by atoms with van der Waals surface area (Å²) in [6, 6.07) is 17.4. The maximum atomic E-state index is 9.76. The number of thioether (sulfide) groups is 1. The maximum Gasteiger partial charge on any atom is 0.190 e. The molecule has 0 spiro atoms. The third-order valence-electron chi connectivity index (χ3n) is 4.54. The van der Waals surface area contributed by atoms with Crippen LogP contribution < -0.4 is 10.1 Å². The highest BCUT2D eigenvalue weighted by Crippen LogP contribution is 2.31.